The summed E-state index contributed by atoms with van der Waals surface area (Å²) in [5.41, 5.74) is 0.0839. The highest BCUT2D eigenvalue weighted by Gasteiger charge is 2.46. The molecule has 2 fully saturated rings. The molecule has 1 aliphatic carbocycles. The van der Waals surface area contributed by atoms with Crippen LogP contribution in [0.4, 0.5) is 0 Å². The average molecular weight is 333 g/mol. The lowest BCUT2D eigenvalue weighted by atomic mass is 9.66. The number of ether oxygens (including phenoxy) is 2. The Hall–Kier alpha value is -0.300. The molecule has 130 valence electrons. The molecule has 1 spiro atoms. The topological polar surface area (TPSA) is 79.6 Å². The Labute approximate surface area is 136 Å². The molecule has 6 heteroatoms. The zero-order valence-corrected chi connectivity index (χ0v) is 15.3. The Morgan fingerprint density at radius 3 is 1.82 bits per heavy atom. The minimum Gasteiger partial charge on any atom is -0.348 e. The van der Waals surface area contributed by atoms with E-state index in [1.165, 1.54) is 0 Å². The van der Waals surface area contributed by atoms with Crippen LogP contribution in [0.2, 0.25) is 0 Å². The fourth-order valence-electron chi connectivity index (χ4n) is 2.77. The van der Waals surface area contributed by atoms with Crippen LogP contribution in [0.5, 0.6) is 0 Å². The summed E-state index contributed by atoms with van der Waals surface area (Å²) in [4.78, 5) is 0. The van der Waals surface area contributed by atoms with Crippen molar-refractivity contribution in [2.75, 3.05) is 13.2 Å². The van der Waals surface area contributed by atoms with Gasteiger partial charge in [-0.1, -0.05) is 13.8 Å². The van der Waals surface area contributed by atoms with Crippen LogP contribution in [-0.4, -0.2) is 38.7 Å². The van der Waals surface area contributed by atoms with Gasteiger partial charge in [0, 0.05) is 24.5 Å². The minimum absolute atomic E-state index is 0.0839. The maximum Gasteiger partial charge on any atom is 0.168 e. The molecule has 5 nitrogen and oxygen atoms in total. The van der Waals surface area contributed by atoms with Gasteiger partial charge in [-0.25, -0.2) is 4.21 Å². The van der Waals surface area contributed by atoms with Crippen LogP contribution in [0.3, 0.4) is 0 Å². The van der Waals surface area contributed by atoms with Crippen LogP contribution in [0, 0.1) is 16.7 Å². The van der Waals surface area contributed by atoms with Gasteiger partial charge in [0.05, 0.1) is 18.0 Å². The van der Waals surface area contributed by atoms with E-state index in [2.05, 4.69) is 13.8 Å². The van der Waals surface area contributed by atoms with Gasteiger partial charge >= 0.3 is 0 Å². The average Bonchev–Trinajstić information content (AvgIpc) is 2.88. The van der Waals surface area contributed by atoms with E-state index in [1.807, 2.05) is 0 Å². The van der Waals surface area contributed by atoms with Gasteiger partial charge in [-0.15, -0.1) is 0 Å². The van der Waals surface area contributed by atoms with Crippen LogP contribution in [0.25, 0.3) is 0 Å². The Morgan fingerprint density at radius 1 is 1.14 bits per heavy atom. The van der Waals surface area contributed by atoms with Gasteiger partial charge in [-0.05, 0) is 39.5 Å². The van der Waals surface area contributed by atoms with Crippen LogP contribution >= 0.6 is 0 Å². The Kier molecular flexibility index (Phi) is 6.74. The highest BCUT2D eigenvalue weighted by atomic mass is 32.2. The van der Waals surface area contributed by atoms with Gasteiger partial charge in [0.1, 0.15) is 0 Å². The predicted molar refractivity (Wildman–Crippen MR) is 89.7 cm³/mol. The van der Waals surface area contributed by atoms with Crippen molar-refractivity contribution in [2.45, 2.75) is 70.8 Å². The second-order valence-corrected chi connectivity index (χ2v) is 9.22. The van der Waals surface area contributed by atoms with Crippen molar-refractivity contribution < 1.29 is 18.2 Å². The second kappa shape index (κ2) is 7.51. The SMILES string of the molecule is CC(C)(C)S(=O)O.CC(C)C1(C=N)CCC2(CC1)OCCO2. The van der Waals surface area contributed by atoms with E-state index in [-0.39, 0.29) is 11.2 Å². The quantitative estimate of drug-likeness (QED) is 0.598. The summed E-state index contributed by atoms with van der Waals surface area (Å²) in [5.74, 6) is 0.246. The summed E-state index contributed by atoms with van der Waals surface area (Å²) < 4.78 is 29.4. The van der Waals surface area contributed by atoms with E-state index in [1.54, 1.807) is 27.0 Å². The Balaban J connectivity index is 0.000000295. The van der Waals surface area contributed by atoms with Crippen LogP contribution in [0.1, 0.15) is 60.3 Å². The van der Waals surface area contributed by atoms with E-state index in [9.17, 15) is 4.21 Å². The first-order valence-electron chi connectivity index (χ1n) is 7.97. The second-order valence-electron chi connectivity index (χ2n) is 7.50. The molecular formula is C16H31NO4S. The van der Waals surface area contributed by atoms with Gasteiger partial charge in [-0.2, -0.15) is 0 Å². The third-order valence-corrected chi connectivity index (χ3v) is 5.77. The molecule has 0 radical (unpaired) electrons. The number of nitrogens with one attached hydrogen (secondary N) is 1. The van der Waals surface area contributed by atoms with Crippen LogP contribution in [0.15, 0.2) is 0 Å². The maximum absolute atomic E-state index is 10.1. The van der Waals surface area contributed by atoms with E-state index < -0.39 is 15.8 Å². The maximum atomic E-state index is 10.1. The first kappa shape index (κ1) is 19.7. The molecule has 22 heavy (non-hydrogen) atoms. The number of hydrogen-bond acceptors (Lipinski definition) is 4. The monoisotopic (exact) mass is 333 g/mol. The van der Waals surface area contributed by atoms with E-state index >= 15 is 0 Å². The first-order valence-corrected chi connectivity index (χ1v) is 9.08. The predicted octanol–water partition coefficient (Wildman–Crippen LogP) is 3.60. The normalized spacial score (nSPS) is 24.7. The molecule has 1 unspecified atom stereocenters. The zero-order chi connectivity index (χ0) is 17.0. The molecule has 0 amide bonds. The van der Waals surface area contributed by atoms with Crippen molar-refractivity contribution >= 4 is 17.3 Å². The Morgan fingerprint density at radius 2 is 1.55 bits per heavy atom. The number of hydrogen-bond donors (Lipinski definition) is 2. The number of rotatable bonds is 2. The summed E-state index contributed by atoms with van der Waals surface area (Å²) >= 11 is -1.68. The fraction of sp³-hybridized carbons (Fsp3) is 0.938. The summed E-state index contributed by atoms with van der Waals surface area (Å²) in [6, 6.07) is 0. The minimum atomic E-state index is -1.68. The van der Waals surface area contributed by atoms with Gasteiger partial charge in [0.25, 0.3) is 0 Å². The third kappa shape index (κ3) is 4.85. The highest BCUT2D eigenvalue weighted by Crippen LogP contribution is 2.47. The van der Waals surface area contributed by atoms with Crippen molar-refractivity contribution in [1.82, 2.24) is 0 Å². The lowest BCUT2D eigenvalue weighted by molar-refractivity contribution is -0.188. The van der Waals surface area contributed by atoms with Crippen molar-refractivity contribution in [3.8, 4) is 0 Å². The largest absolute Gasteiger partial charge is 0.348 e. The van der Waals surface area contributed by atoms with Gasteiger partial charge < -0.3 is 19.4 Å². The van der Waals surface area contributed by atoms with E-state index in [4.69, 9.17) is 19.4 Å². The molecule has 2 N–H and O–H groups in total. The molecular weight excluding hydrogens is 302 g/mol. The summed E-state index contributed by atoms with van der Waals surface area (Å²) in [6.07, 6.45) is 5.59. The molecule has 0 aromatic heterocycles. The highest BCUT2D eigenvalue weighted by molar-refractivity contribution is 7.80. The summed E-state index contributed by atoms with van der Waals surface area (Å²) in [7, 11) is 0. The molecule has 0 aromatic rings. The fourth-order valence-corrected chi connectivity index (χ4v) is 2.77. The van der Waals surface area contributed by atoms with Crippen molar-refractivity contribution in [2.24, 2.45) is 11.3 Å². The van der Waals surface area contributed by atoms with Crippen molar-refractivity contribution in [3.05, 3.63) is 0 Å². The van der Waals surface area contributed by atoms with Crippen LogP contribution < -0.4 is 0 Å². The van der Waals surface area contributed by atoms with E-state index in [0.717, 1.165) is 38.9 Å². The van der Waals surface area contributed by atoms with Gasteiger partial charge in [0.15, 0.2) is 16.9 Å². The third-order valence-electron chi connectivity index (χ3n) is 4.72. The molecule has 1 heterocycles. The molecule has 1 saturated carbocycles. The molecule has 1 saturated heterocycles. The first-order chi connectivity index (χ1) is 10.1. The van der Waals surface area contributed by atoms with Gasteiger partial charge in [-0.3, -0.25) is 0 Å². The van der Waals surface area contributed by atoms with Gasteiger partial charge in [0.2, 0.25) is 0 Å². The molecule has 1 atom stereocenters. The molecule has 2 rings (SSSR count). The summed E-state index contributed by atoms with van der Waals surface area (Å²) in [5, 5.41) is 7.63. The summed E-state index contributed by atoms with van der Waals surface area (Å²) in [6.45, 7) is 11.0. The lowest BCUT2D eigenvalue weighted by Gasteiger charge is -2.43. The molecule has 0 aromatic carbocycles. The molecule has 1 aliphatic heterocycles. The standard InChI is InChI=1S/C12H21NO2.C4H10O2S/c1-10(2)11(9-13)3-5-12(6-4-11)14-7-8-15-12;1-4(2,3)7(5)6/h9-10,13H,3-8H2,1-2H3;1-3H3,(H,5,6). The zero-order valence-electron chi connectivity index (χ0n) is 14.5. The molecule has 2 aliphatic rings. The Bertz CT molecular complexity index is 387. The molecule has 0 bridgehead atoms. The van der Waals surface area contributed by atoms with Crippen LogP contribution in [-0.2, 0) is 20.6 Å². The smallest absolute Gasteiger partial charge is 0.168 e. The van der Waals surface area contributed by atoms with Crippen molar-refractivity contribution in [1.29, 1.82) is 5.41 Å². The van der Waals surface area contributed by atoms with E-state index in [0.29, 0.717) is 5.92 Å². The van der Waals surface area contributed by atoms with Crippen molar-refractivity contribution in [3.63, 3.8) is 0 Å². The lowest BCUT2D eigenvalue weighted by Crippen LogP contribution is -2.42.